The number of benzene rings is 1. The second-order valence-electron chi connectivity index (χ2n) is 7.88. The van der Waals surface area contributed by atoms with Crippen molar-refractivity contribution in [2.75, 3.05) is 13.1 Å². The highest BCUT2D eigenvalue weighted by Gasteiger charge is 2.26. The summed E-state index contributed by atoms with van der Waals surface area (Å²) < 4.78 is 32.4. The Labute approximate surface area is 172 Å². The van der Waals surface area contributed by atoms with Gasteiger partial charge in [0, 0.05) is 19.1 Å². The summed E-state index contributed by atoms with van der Waals surface area (Å²) in [6.45, 7) is 2.60. The molecule has 1 aliphatic carbocycles. The Hall–Kier alpha value is -1.93. The molecule has 1 saturated carbocycles. The summed E-state index contributed by atoms with van der Waals surface area (Å²) >= 11 is 0. The Kier molecular flexibility index (Phi) is 7.29. The summed E-state index contributed by atoms with van der Waals surface area (Å²) in [5.74, 6) is -0.941. The number of rotatable bonds is 6. The van der Waals surface area contributed by atoms with Gasteiger partial charge in [0.1, 0.15) is 0 Å². The van der Waals surface area contributed by atoms with E-state index in [0.29, 0.717) is 13.1 Å². The van der Waals surface area contributed by atoms with Crippen LogP contribution in [-0.4, -0.2) is 49.8 Å². The molecule has 2 aliphatic rings. The Morgan fingerprint density at radius 1 is 1.00 bits per heavy atom. The first-order valence-corrected chi connectivity index (χ1v) is 11.9. The summed E-state index contributed by atoms with van der Waals surface area (Å²) in [5.41, 5.74) is 0.223. The van der Waals surface area contributed by atoms with Crippen LogP contribution in [0.25, 0.3) is 0 Å². The zero-order chi connectivity index (χ0) is 20.9. The molecule has 160 valence electrons. The van der Waals surface area contributed by atoms with Gasteiger partial charge in [-0.25, -0.2) is 13.2 Å². The first kappa shape index (κ1) is 21.8. The van der Waals surface area contributed by atoms with Crippen molar-refractivity contribution in [1.82, 2.24) is 9.62 Å². The summed E-state index contributed by atoms with van der Waals surface area (Å²) in [6, 6.07) is 5.90. The van der Waals surface area contributed by atoms with Gasteiger partial charge in [-0.1, -0.05) is 25.7 Å². The van der Waals surface area contributed by atoms with E-state index in [9.17, 15) is 18.0 Å². The Morgan fingerprint density at radius 2 is 1.59 bits per heavy atom. The van der Waals surface area contributed by atoms with E-state index in [-0.39, 0.29) is 22.4 Å². The lowest BCUT2D eigenvalue weighted by Gasteiger charge is -2.20. The van der Waals surface area contributed by atoms with Crippen molar-refractivity contribution in [3.63, 3.8) is 0 Å². The zero-order valence-corrected chi connectivity index (χ0v) is 17.7. The highest BCUT2D eigenvalue weighted by atomic mass is 32.2. The average Bonchev–Trinajstić information content (AvgIpc) is 3.06. The fraction of sp³-hybridized carbons (Fsp3) is 0.619. The molecular weight excluding hydrogens is 392 g/mol. The monoisotopic (exact) mass is 422 g/mol. The van der Waals surface area contributed by atoms with Gasteiger partial charge in [0.25, 0.3) is 5.91 Å². The molecule has 8 heteroatoms. The van der Waals surface area contributed by atoms with Gasteiger partial charge in [0.2, 0.25) is 10.0 Å². The van der Waals surface area contributed by atoms with E-state index < -0.39 is 22.1 Å². The molecule has 1 heterocycles. The number of ether oxygens (including phenoxy) is 1. The van der Waals surface area contributed by atoms with Gasteiger partial charge in [-0.05, 0) is 56.9 Å². The number of nitrogens with zero attached hydrogens (tertiary/aromatic N) is 1. The first-order chi connectivity index (χ1) is 13.9. The van der Waals surface area contributed by atoms with E-state index in [1.807, 2.05) is 0 Å². The number of nitrogens with one attached hydrogen (secondary N) is 1. The lowest BCUT2D eigenvalue weighted by Crippen LogP contribution is -2.40. The van der Waals surface area contributed by atoms with Gasteiger partial charge < -0.3 is 10.1 Å². The first-order valence-electron chi connectivity index (χ1n) is 10.5. The molecule has 0 radical (unpaired) electrons. The summed E-state index contributed by atoms with van der Waals surface area (Å²) in [6.07, 6.45) is 7.04. The third-order valence-electron chi connectivity index (χ3n) is 5.65. The quantitative estimate of drug-likeness (QED) is 0.712. The highest BCUT2D eigenvalue weighted by molar-refractivity contribution is 7.89. The van der Waals surface area contributed by atoms with Crippen LogP contribution in [0.15, 0.2) is 29.2 Å². The molecule has 1 atom stereocenters. The van der Waals surface area contributed by atoms with E-state index in [1.165, 1.54) is 28.6 Å². The fourth-order valence-corrected chi connectivity index (χ4v) is 5.38. The summed E-state index contributed by atoms with van der Waals surface area (Å²) in [7, 11) is -3.56. The van der Waals surface area contributed by atoms with Gasteiger partial charge in [0.15, 0.2) is 6.10 Å². The molecule has 0 unspecified atom stereocenters. The van der Waals surface area contributed by atoms with Crippen LogP contribution in [0.1, 0.15) is 68.6 Å². The van der Waals surface area contributed by atoms with E-state index in [4.69, 9.17) is 4.74 Å². The minimum atomic E-state index is -3.56. The fourth-order valence-electron chi connectivity index (χ4n) is 3.86. The molecule has 1 N–H and O–H groups in total. The zero-order valence-electron chi connectivity index (χ0n) is 16.9. The number of sulfonamides is 1. The molecule has 1 aliphatic heterocycles. The van der Waals surface area contributed by atoms with Crippen LogP contribution in [0.5, 0.6) is 0 Å². The molecule has 1 saturated heterocycles. The number of amides is 1. The molecule has 7 nitrogen and oxygen atoms in total. The predicted molar refractivity (Wildman–Crippen MR) is 109 cm³/mol. The maximum Gasteiger partial charge on any atom is 0.338 e. The van der Waals surface area contributed by atoms with Crippen molar-refractivity contribution in [3.8, 4) is 0 Å². The third-order valence-corrected chi connectivity index (χ3v) is 7.56. The van der Waals surface area contributed by atoms with Crippen LogP contribution >= 0.6 is 0 Å². The highest BCUT2D eigenvalue weighted by Crippen LogP contribution is 2.21. The average molecular weight is 423 g/mol. The lowest BCUT2D eigenvalue weighted by molar-refractivity contribution is -0.129. The molecule has 3 rings (SSSR count). The molecule has 2 fully saturated rings. The van der Waals surface area contributed by atoms with Gasteiger partial charge in [-0.15, -0.1) is 0 Å². The summed E-state index contributed by atoms with van der Waals surface area (Å²) in [4.78, 5) is 24.7. The van der Waals surface area contributed by atoms with Gasteiger partial charge >= 0.3 is 5.97 Å². The smallest absolute Gasteiger partial charge is 0.338 e. The van der Waals surface area contributed by atoms with Crippen molar-refractivity contribution in [2.24, 2.45) is 0 Å². The topological polar surface area (TPSA) is 92.8 Å². The third kappa shape index (κ3) is 5.57. The molecule has 1 aromatic rings. The summed E-state index contributed by atoms with van der Waals surface area (Å²) in [5, 5.41) is 2.90. The molecule has 0 bridgehead atoms. The SMILES string of the molecule is C[C@H](OC(=O)c1ccc(S(=O)(=O)N2CCCCCC2)cc1)C(=O)NC1CCCC1. The maximum absolute atomic E-state index is 12.8. The second-order valence-corrected chi connectivity index (χ2v) is 9.82. The molecular formula is C21H30N2O5S. The maximum atomic E-state index is 12.8. The largest absolute Gasteiger partial charge is 0.449 e. The van der Waals surface area contributed by atoms with E-state index in [2.05, 4.69) is 5.32 Å². The number of hydrogen-bond donors (Lipinski definition) is 1. The van der Waals surface area contributed by atoms with Gasteiger partial charge in [-0.3, -0.25) is 4.79 Å². The number of carbonyl (C=O) groups is 2. The van der Waals surface area contributed by atoms with Crippen molar-refractivity contribution in [2.45, 2.75) is 75.3 Å². The van der Waals surface area contributed by atoms with Crippen LogP contribution in [0, 0.1) is 0 Å². The van der Waals surface area contributed by atoms with Gasteiger partial charge in [-0.2, -0.15) is 4.31 Å². The predicted octanol–water partition coefficient (Wildman–Crippen LogP) is 2.86. The van der Waals surface area contributed by atoms with Crippen molar-refractivity contribution >= 4 is 21.9 Å². The molecule has 29 heavy (non-hydrogen) atoms. The minimum absolute atomic E-state index is 0.159. The van der Waals surface area contributed by atoms with Crippen LogP contribution in [-0.2, 0) is 19.6 Å². The van der Waals surface area contributed by atoms with Crippen molar-refractivity contribution in [1.29, 1.82) is 0 Å². The second kappa shape index (κ2) is 9.71. The molecule has 0 spiro atoms. The number of esters is 1. The lowest BCUT2D eigenvalue weighted by atomic mass is 10.2. The Bertz CT molecular complexity index is 808. The molecule has 0 aromatic heterocycles. The Balaban J connectivity index is 1.59. The standard InChI is InChI=1S/C21H30N2O5S/c1-16(20(24)22-18-8-4-5-9-18)28-21(25)17-10-12-19(13-11-17)29(26,27)23-14-6-2-3-7-15-23/h10-13,16,18H,2-9,14-15H2,1H3,(H,22,24)/t16-/m0/s1. The van der Waals surface area contributed by atoms with E-state index in [1.54, 1.807) is 6.92 Å². The normalized spacial score (nSPS) is 20.0. The molecule has 1 amide bonds. The van der Waals surface area contributed by atoms with Crippen molar-refractivity contribution in [3.05, 3.63) is 29.8 Å². The van der Waals surface area contributed by atoms with Crippen LogP contribution in [0.3, 0.4) is 0 Å². The van der Waals surface area contributed by atoms with E-state index >= 15 is 0 Å². The van der Waals surface area contributed by atoms with Crippen LogP contribution < -0.4 is 5.32 Å². The van der Waals surface area contributed by atoms with Crippen LogP contribution in [0.4, 0.5) is 0 Å². The van der Waals surface area contributed by atoms with E-state index in [0.717, 1.165) is 51.4 Å². The van der Waals surface area contributed by atoms with Gasteiger partial charge in [0.05, 0.1) is 10.5 Å². The number of carbonyl (C=O) groups excluding carboxylic acids is 2. The minimum Gasteiger partial charge on any atom is -0.449 e. The molecule has 1 aromatic carbocycles. The number of hydrogen-bond acceptors (Lipinski definition) is 5. The Morgan fingerprint density at radius 3 is 2.17 bits per heavy atom. The van der Waals surface area contributed by atoms with Crippen LogP contribution in [0.2, 0.25) is 0 Å². The van der Waals surface area contributed by atoms with Crippen molar-refractivity contribution < 1.29 is 22.7 Å².